The summed E-state index contributed by atoms with van der Waals surface area (Å²) in [6, 6.07) is 10.1. The average molecular weight is 267 g/mol. The lowest BCUT2D eigenvalue weighted by Gasteiger charge is -2.26. The fourth-order valence-electron chi connectivity index (χ4n) is 2.66. The SMILES string of the molecule is CCC1C(c2ccccc2)NC(C)CCS1(=O)=O. The highest BCUT2D eigenvalue weighted by Gasteiger charge is 2.36. The smallest absolute Gasteiger partial charge is 0.155 e. The van der Waals surface area contributed by atoms with Crippen molar-refractivity contribution in [2.24, 2.45) is 0 Å². The number of rotatable bonds is 2. The molecule has 1 aliphatic heterocycles. The summed E-state index contributed by atoms with van der Waals surface area (Å²) in [4.78, 5) is 0. The summed E-state index contributed by atoms with van der Waals surface area (Å²) in [5.74, 6) is 0.295. The molecular weight excluding hydrogens is 246 g/mol. The van der Waals surface area contributed by atoms with Crippen LogP contribution in [0.3, 0.4) is 0 Å². The lowest BCUT2D eigenvalue weighted by molar-refractivity contribution is 0.438. The molecule has 0 bridgehead atoms. The highest BCUT2D eigenvalue weighted by Crippen LogP contribution is 2.29. The van der Waals surface area contributed by atoms with Crippen molar-refractivity contribution in [1.29, 1.82) is 0 Å². The van der Waals surface area contributed by atoms with E-state index in [0.29, 0.717) is 18.6 Å². The summed E-state index contributed by atoms with van der Waals surface area (Å²) >= 11 is 0. The van der Waals surface area contributed by atoms with E-state index in [0.717, 1.165) is 5.56 Å². The third-order valence-corrected chi connectivity index (χ3v) is 6.03. The van der Waals surface area contributed by atoms with Crippen LogP contribution < -0.4 is 5.32 Å². The van der Waals surface area contributed by atoms with Gasteiger partial charge in [-0.25, -0.2) is 8.42 Å². The first-order valence-electron chi connectivity index (χ1n) is 6.57. The molecule has 3 unspecified atom stereocenters. The Hall–Kier alpha value is -0.870. The summed E-state index contributed by atoms with van der Waals surface area (Å²) in [6.45, 7) is 4.01. The molecule has 1 aromatic carbocycles. The molecular formula is C14H21NO2S. The third kappa shape index (κ3) is 2.75. The van der Waals surface area contributed by atoms with Gasteiger partial charge in [-0.2, -0.15) is 0 Å². The van der Waals surface area contributed by atoms with Gasteiger partial charge in [-0.15, -0.1) is 0 Å². The molecule has 0 spiro atoms. The Kier molecular flexibility index (Phi) is 4.07. The number of hydrogen-bond acceptors (Lipinski definition) is 3. The van der Waals surface area contributed by atoms with Crippen LogP contribution >= 0.6 is 0 Å². The Balaban J connectivity index is 2.41. The Morgan fingerprint density at radius 2 is 1.94 bits per heavy atom. The second-order valence-electron chi connectivity index (χ2n) is 5.06. The topological polar surface area (TPSA) is 46.2 Å². The molecule has 0 aromatic heterocycles. The minimum Gasteiger partial charge on any atom is -0.306 e. The van der Waals surface area contributed by atoms with Crippen molar-refractivity contribution in [3.05, 3.63) is 35.9 Å². The number of hydrogen-bond donors (Lipinski definition) is 1. The van der Waals surface area contributed by atoms with E-state index in [2.05, 4.69) is 12.2 Å². The zero-order valence-electron chi connectivity index (χ0n) is 11.0. The van der Waals surface area contributed by atoms with Crippen LogP contribution in [0.4, 0.5) is 0 Å². The maximum atomic E-state index is 12.3. The summed E-state index contributed by atoms with van der Waals surface area (Å²) in [5.41, 5.74) is 1.07. The van der Waals surface area contributed by atoms with Gasteiger partial charge in [0, 0.05) is 12.1 Å². The standard InChI is InChI=1S/C14H21NO2S/c1-3-13-14(12-7-5-4-6-8-12)15-11(2)9-10-18(13,16)17/h4-8,11,13-15H,3,9-10H2,1-2H3. The van der Waals surface area contributed by atoms with Gasteiger partial charge < -0.3 is 5.32 Å². The first-order chi connectivity index (χ1) is 8.54. The van der Waals surface area contributed by atoms with E-state index < -0.39 is 9.84 Å². The van der Waals surface area contributed by atoms with Crippen molar-refractivity contribution in [3.63, 3.8) is 0 Å². The second kappa shape index (κ2) is 5.41. The molecule has 1 aliphatic rings. The molecule has 0 aliphatic carbocycles. The zero-order valence-corrected chi connectivity index (χ0v) is 11.8. The Labute approximate surface area is 110 Å². The van der Waals surface area contributed by atoms with Crippen molar-refractivity contribution < 1.29 is 8.42 Å². The third-order valence-electron chi connectivity index (χ3n) is 3.69. The highest BCUT2D eigenvalue weighted by molar-refractivity contribution is 7.92. The molecule has 1 aromatic rings. The summed E-state index contributed by atoms with van der Waals surface area (Å²) in [6.07, 6.45) is 1.35. The number of benzene rings is 1. The lowest BCUT2D eigenvalue weighted by Crippen LogP contribution is -2.37. The second-order valence-corrected chi connectivity index (χ2v) is 7.40. The van der Waals surface area contributed by atoms with E-state index in [1.807, 2.05) is 37.3 Å². The molecule has 1 heterocycles. The molecule has 3 atom stereocenters. The monoisotopic (exact) mass is 267 g/mol. The molecule has 1 N–H and O–H groups in total. The molecule has 100 valence electrons. The lowest BCUT2D eigenvalue weighted by atomic mass is 10.0. The molecule has 2 rings (SSSR count). The van der Waals surface area contributed by atoms with E-state index in [9.17, 15) is 8.42 Å². The van der Waals surface area contributed by atoms with Crippen LogP contribution in [0.5, 0.6) is 0 Å². The van der Waals surface area contributed by atoms with Crippen molar-refractivity contribution in [2.45, 2.75) is 44.0 Å². The van der Waals surface area contributed by atoms with Gasteiger partial charge in [-0.05, 0) is 25.3 Å². The highest BCUT2D eigenvalue weighted by atomic mass is 32.2. The average Bonchev–Trinajstić information content (AvgIpc) is 2.47. The summed E-state index contributed by atoms with van der Waals surface area (Å²) < 4.78 is 24.6. The first kappa shape index (κ1) is 13.6. The van der Waals surface area contributed by atoms with Gasteiger partial charge >= 0.3 is 0 Å². The maximum Gasteiger partial charge on any atom is 0.155 e. The van der Waals surface area contributed by atoms with Crippen LogP contribution in [-0.4, -0.2) is 25.5 Å². The predicted molar refractivity (Wildman–Crippen MR) is 74.3 cm³/mol. The molecule has 3 nitrogen and oxygen atoms in total. The molecule has 18 heavy (non-hydrogen) atoms. The van der Waals surface area contributed by atoms with Crippen LogP contribution in [0, 0.1) is 0 Å². The van der Waals surface area contributed by atoms with Gasteiger partial charge in [-0.1, -0.05) is 37.3 Å². The van der Waals surface area contributed by atoms with Crippen LogP contribution in [0.25, 0.3) is 0 Å². The molecule has 0 amide bonds. The Morgan fingerprint density at radius 3 is 2.56 bits per heavy atom. The van der Waals surface area contributed by atoms with E-state index in [1.165, 1.54) is 0 Å². The predicted octanol–water partition coefficient (Wildman–Crippen LogP) is 2.30. The van der Waals surface area contributed by atoms with Gasteiger partial charge in [0.1, 0.15) is 0 Å². The van der Waals surface area contributed by atoms with Gasteiger partial charge in [0.05, 0.1) is 11.0 Å². The van der Waals surface area contributed by atoms with E-state index >= 15 is 0 Å². The summed E-state index contributed by atoms with van der Waals surface area (Å²) in [5, 5.41) is 3.16. The minimum atomic E-state index is -3.00. The van der Waals surface area contributed by atoms with Gasteiger partial charge in [0.15, 0.2) is 9.84 Å². The number of nitrogens with one attached hydrogen (secondary N) is 1. The fourth-order valence-corrected chi connectivity index (χ4v) is 4.80. The van der Waals surface area contributed by atoms with E-state index in [4.69, 9.17) is 0 Å². The van der Waals surface area contributed by atoms with Crippen molar-refractivity contribution in [2.75, 3.05) is 5.75 Å². The minimum absolute atomic E-state index is 0.0845. The normalized spacial score (nSPS) is 31.8. The van der Waals surface area contributed by atoms with Crippen molar-refractivity contribution in [3.8, 4) is 0 Å². The van der Waals surface area contributed by atoms with Crippen LogP contribution in [0.1, 0.15) is 38.3 Å². The molecule has 1 fully saturated rings. The fraction of sp³-hybridized carbons (Fsp3) is 0.571. The summed E-state index contributed by atoms with van der Waals surface area (Å²) in [7, 11) is -3.00. The zero-order chi connectivity index (χ0) is 13.2. The molecule has 1 saturated heterocycles. The van der Waals surface area contributed by atoms with E-state index in [1.54, 1.807) is 0 Å². The largest absolute Gasteiger partial charge is 0.306 e. The van der Waals surface area contributed by atoms with E-state index in [-0.39, 0.29) is 17.3 Å². The number of sulfone groups is 1. The maximum absolute atomic E-state index is 12.3. The van der Waals surface area contributed by atoms with Gasteiger partial charge in [-0.3, -0.25) is 0 Å². The van der Waals surface area contributed by atoms with Crippen molar-refractivity contribution >= 4 is 9.84 Å². The Bertz CT molecular complexity index is 484. The molecule has 0 saturated carbocycles. The van der Waals surface area contributed by atoms with Gasteiger partial charge in [0.2, 0.25) is 0 Å². The van der Waals surface area contributed by atoms with Gasteiger partial charge in [0.25, 0.3) is 0 Å². The van der Waals surface area contributed by atoms with Crippen LogP contribution in [0.15, 0.2) is 30.3 Å². The van der Waals surface area contributed by atoms with Crippen LogP contribution in [0.2, 0.25) is 0 Å². The molecule has 4 heteroatoms. The van der Waals surface area contributed by atoms with Crippen molar-refractivity contribution in [1.82, 2.24) is 5.32 Å². The van der Waals surface area contributed by atoms with Crippen LogP contribution in [-0.2, 0) is 9.84 Å². The Morgan fingerprint density at radius 1 is 1.28 bits per heavy atom. The first-order valence-corrected chi connectivity index (χ1v) is 8.28. The quantitative estimate of drug-likeness (QED) is 0.894. The molecule has 0 radical (unpaired) electrons.